The van der Waals surface area contributed by atoms with Gasteiger partial charge in [0.25, 0.3) is 0 Å². The summed E-state index contributed by atoms with van der Waals surface area (Å²) in [5.74, 6) is 0.109. The summed E-state index contributed by atoms with van der Waals surface area (Å²) >= 11 is 0. The molecule has 0 aromatic carbocycles. The zero-order valence-corrected chi connectivity index (χ0v) is 12.8. The molecule has 0 bridgehead atoms. The summed E-state index contributed by atoms with van der Waals surface area (Å²) in [4.78, 5) is 5.98. The van der Waals surface area contributed by atoms with E-state index in [-0.39, 0.29) is 11.7 Å². The molecular weight excluding hydrogens is 292 g/mol. The number of anilines is 1. The first-order valence-electron chi connectivity index (χ1n) is 6.53. The van der Waals surface area contributed by atoms with E-state index < -0.39 is 16.1 Å². The zero-order valence-electron chi connectivity index (χ0n) is 12.0. The molecule has 0 saturated carbocycles. The van der Waals surface area contributed by atoms with Crippen LogP contribution in [-0.4, -0.2) is 61.9 Å². The minimum atomic E-state index is -3.36. The van der Waals surface area contributed by atoms with Crippen LogP contribution in [0.25, 0.3) is 0 Å². The van der Waals surface area contributed by atoms with Crippen molar-refractivity contribution in [2.24, 2.45) is 5.92 Å². The highest BCUT2D eigenvalue weighted by Crippen LogP contribution is 2.24. The number of nitriles is 1. The first-order chi connectivity index (χ1) is 9.83. The van der Waals surface area contributed by atoms with Crippen molar-refractivity contribution in [1.82, 2.24) is 9.29 Å². The molecule has 0 amide bonds. The quantitative estimate of drug-likeness (QED) is 0.816. The van der Waals surface area contributed by atoms with Gasteiger partial charge >= 0.3 is 0 Å². The summed E-state index contributed by atoms with van der Waals surface area (Å²) in [5.41, 5.74) is 0.485. The van der Waals surface area contributed by atoms with Crippen LogP contribution in [0, 0.1) is 17.2 Å². The second-order valence-corrected chi connectivity index (χ2v) is 7.54. The van der Waals surface area contributed by atoms with Gasteiger partial charge in [-0.1, -0.05) is 0 Å². The predicted octanol–water partition coefficient (Wildman–Crippen LogP) is -0.358. The van der Waals surface area contributed by atoms with Crippen molar-refractivity contribution in [2.45, 2.75) is 6.10 Å². The van der Waals surface area contributed by atoms with Gasteiger partial charge in [0.1, 0.15) is 5.82 Å². The Morgan fingerprint density at radius 3 is 2.86 bits per heavy atom. The van der Waals surface area contributed by atoms with Gasteiger partial charge in [-0.3, -0.25) is 0 Å². The number of aromatic nitrogens is 1. The van der Waals surface area contributed by atoms with Crippen LogP contribution in [-0.2, 0) is 10.0 Å². The molecule has 1 aromatic rings. The standard InChI is InChI=1S/C13H18N4O3S/c1-16(2)21(19,20)9-11-7-17(8-12(11)18)13-5-10(6-14)3-4-15-13/h3-5,11-12,18H,7-9H2,1-2H3/t11-,12+/m0/s1. The molecule has 114 valence electrons. The SMILES string of the molecule is CN(C)S(=O)(=O)C[C@@H]1CN(c2cc(C#N)ccn2)C[C@H]1O. The smallest absolute Gasteiger partial charge is 0.214 e. The van der Waals surface area contributed by atoms with Gasteiger partial charge in [-0.25, -0.2) is 17.7 Å². The van der Waals surface area contributed by atoms with Gasteiger partial charge in [-0.15, -0.1) is 0 Å². The van der Waals surface area contributed by atoms with E-state index in [0.717, 1.165) is 4.31 Å². The summed E-state index contributed by atoms with van der Waals surface area (Å²) < 4.78 is 25.0. The monoisotopic (exact) mass is 310 g/mol. The van der Waals surface area contributed by atoms with Crippen LogP contribution < -0.4 is 4.90 Å². The summed E-state index contributed by atoms with van der Waals surface area (Å²) in [5, 5.41) is 19.0. The lowest BCUT2D eigenvalue weighted by Crippen LogP contribution is -2.33. The van der Waals surface area contributed by atoms with E-state index in [1.165, 1.54) is 20.3 Å². The molecule has 0 spiro atoms. The summed E-state index contributed by atoms with van der Waals surface area (Å²) in [6.45, 7) is 0.714. The third-order valence-corrected chi connectivity index (χ3v) is 5.55. The average Bonchev–Trinajstić information content (AvgIpc) is 2.79. The normalized spacial score (nSPS) is 22.5. The summed E-state index contributed by atoms with van der Waals surface area (Å²) in [6.07, 6.45) is 0.803. The Bertz CT molecular complexity index is 654. The molecule has 1 aromatic heterocycles. The van der Waals surface area contributed by atoms with Crippen molar-refractivity contribution in [2.75, 3.05) is 37.8 Å². The molecule has 7 nitrogen and oxygen atoms in total. The van der Waals surface area contributed by atoms with Gasteiger partial charge in [0, 0.05) is 39.3 Å². The van der Waals surface area contributed by atoms with E-state index in [1.807, 2.05) is 6.07 Å². The average molecular weight is 310 g/mol. The van der Waals surface area contributed by atoms with Crippen molar-refractivity contribution in [3.8, 4) is 6.07 Å². The minimum Gasteiger partial charge on any atom is -0.391 e. The fraction of sp³-hybridized carbons (Fsp3) is 0.538. The number of aliphatic hydroxyl groups is 1. The molecule has 8 heteroatoms. The van der Waals surface area contributed by atoms with E-state index in [4.69, 9.17) is 5.26 Å². The van der Waals surface area contributed by atoms with Crippen molar-refractivity contribution < 1.29 is 13.5 Å². The fourth-order valence-corrected chi connectivity index (χ4v) is 3.45. The number of hydrogen-bond donors (Lipinski definition) is 1. The van der Waals surface area contributed by atoms with Crippen LogP contribution >= 0.6 is 0 Å². The molecule has 1 aliphatic rings. The second-order valence-electron chi connectivity index (χ2n) is 5.31. The fourth-order valence-electron chi connectivity index (χ4n) is 2.29. The van der Waals surface area contributed by atoms with Gasteiger partial charge in [0.05, 0.1) is 23.5 Å². The van der Waals surface area contributed by atoms with Crippen LogP contribution in [0.5, 0.6) is 0 Å². The topological polar surface area (TPSA) is 97.5 Å². The maximum atomic E-state index is 11.9. The molecule has 2 heterocycles. The molecule has 1 aliphatic heterocycles. The number of sulfonamides is 1. The van der Waals surface area contributed by atoms with Crippen molar-refractivity contribution in [1.29, 1.82) is 5.26 Å². The van der Waals surface area contributed by atoms with E-state index in [1.54, 1.807) is 17.0 Å². The maximum absolute atomic E-state index is 11.9. The number of rotatable bonds is 4. The van der Waals surface area contributed by atoms with Gasteiger partial charge in [-0.2, -0.15) is 5.26 Å². The molecule has 0 aliphatic carbocycles. The first-order valence-corrected chi connectivity index (χ1v) is 8.14. The van der Waals surface area contributed by atoms with Crippen LogP contribution in [0.15, 0.2) is 18.3 Å². The van der Waals surface area contributed by atoms with Gasteiger partial charge in [-0.05, 0) is 12.1 Å². The van der Waals surface area contributed by atoms with Crippen molar-refractivity contribution in [3.05, 3.63) is 23.9 Å². The van der Waals surface area contributed by atoms with Crippen LogP contribution in [0.2, 0.25) is 0 Å². The van der Waals surface area contributed by atoms with Gasteiger partial charge < -0.3 is 10.0 Å². The molecular formula is C13H18N4O3S. The Labute approximate surface area is 124 Å². The van der Waals surface area contributed by atoms with Crippen LogP contribution in [0.3, 0.4) is 0 Å². The van der Waals surface area contributed by atoms with Crippen LogP contribution in [0.4, 0.5) is 5.82 Å². The van der Waals surface area contributed by atoms with Crippen molar-refractivity contribution in [3.63, 3.8) is 0 Å². The Balaban J connectivity index is 2.12. The third kappa shape index (κ3) is 3.50. The molecule has 2 atom stereocenters. The number of β-amino-alcohol motifs (C(OH)–C–C–N with tert-alkyl or cyclic N) is 1. The first kappa shape index (κ1) is 15.7. The van der Waals surface area contributed by atoms with Gasteiger partial charge in [0.2, 0.25) is 10.0 Å². The molecule has 1 fully saturated rings. The van der Waals surface area contributed by atoms with E-state index in [0.29, 0.717) is 24.5 Å². The van der Waals surface area contributed by atoms with E-state index >= 15 is 0 Å². The Hall–Kier alpha value is -1.69. The third-order valence-electron chi connectivity index (χ3n) is 3.59. The van der Waals surface area contributed by atoms with Gasteiger partial charge in [0.15, 0.2) is 0 Å². The Morgan fingerprint density at radius 1 is 1.52 bits per heavy atom. The summed E-state index contributed by atoms with van der Waals surface area (Å²) in [7, 11) is -0.402. The molecule has 0 unspecified atom stereocenters. The molecule has 21 heavy (non-hydrogen) atoms. The largest absolute Gasteiger partial charge is 0.391 e. The second kappa shape index (κ2) is 5.97. The Morgan fingerprint density at radius 2 is 2.24 bits per heavy atom. The Kier molecular flexibility index (Phi) is 4.46. The van der Waals surface area contributed by atoms with E-state index in [9.17, 15) is 13.5 Å². The molecule has 1 N–H and O–H groups in total. The predicted molar refractivity (Wildman–Crippen MR) is 78.1 cm³/mol. The van der Waals surface area contributed by atoms with E-state index in [2.05, 4.69) is 4.98 Å². The molecule has 2 rings (SSSR count). The minimum absolute atomic E-state index is 0.102. The molecule has 0 radical (unpaired) electrons. The zero-order chi connectivity index (χ0) is 15.6. The van der Waals surface area contributed by atoms with Crippen LogP contribution in [0.1, 0.15) is 5.56 Å². The number of hydrogen-bond acceptors (Lipinski definition) is 6. The lowest BCUT2D eigenvalue weighted by atomic mass is 10.1. The lowest BCUT2D eigenvalue weighted by molar-refractivity contribution is 0.157. The highest BCUT2D eigenvalue weighted by molar-refractivity contribution is 7.89. The number of aliphatic hydroxyl groups excluding tert-OH is 1. The highest BCUT2D eigenvalue weighted by Gasteiger charge is 2.35. The lowest BCUT2D eigenvalue weighted by Gasteiger charge is -2.18. The highest BCUT2D eigenvalue weighted by atomic mass is 32.2. The molecule has 1 saturated heterocycles. The summed E-state index contributed by atoms with van der Waals surface area (Å²) in [6, 6.07) is 5.27. The number of nitrogens with zero attached hydrogens (tertiary/aromatic N) is 4. The van der Waals surface area contributed by atoms with Crippen molar-refractivity contribution >= 4 is 15.8 Å². The number of pyridine rings is 1. The maximum Gasteiger partial charge on any atom is 0.214 e.